The first kappa shape index (κ1) is 16.9. The molecule has 0 aliphatic carbocycles. The van der Waals surface area contributed by atoms with Gasteiger partial charge in [0, 0.05) is 25.9 Å². The summed E-state index contributed by atoms with van der Waals surface area (Å²) in [6, 6.07) is 9.14. The molecule has 0 saturated carbocycles. The molecular weight excluding hydrogens is 326 g/mol. The van der Waals surface area contributed by atoms with Gasteiger partial charge in [-0.1, -0.05) is 30.3 Å². The standard InChI is InChI=1S/C17H19N3O5/c21-14-6-7-15(22)20(14)10-16(23)19-8-13(9-19)18-17(24)25-11-12-4-2-1-3-5-12/h1-5,13H,6-11H2,(H,18,24). The Morgan fingerprint density at radius 2 is 1.72 bits per heavy atom. The van der Waals surface area contributed by atoms with Crippen molar-refractivity contribution >= 4 is 23.8 Å². The number of hydrogen-bond donors (Lipinski definition) is 1. The summed E-state index contributed by atoms with van der Waals surface area (Å²) in [6.07, 6.45) is -0.196. The molecule has 0 spiro atoms. The minimum Gasteiger partial charge on any atom is -0.445 e. The third-order valence-electron chi connectivity index (χ3n) is 4.22. The van der Waals surface area contributed by atoms with Crippen LogP contribution in [0.25, 0.3) is 0 Å². The van der Waals surface area contributed by atoms with Crippen molar-refractivity contribution in [1.29, 1.82) is 0 Å². The highest BCUT2D eigenvalue weighted by Crippen LogP contribution is 2.14. The minimum atomic E-state index is -0.536. The van der Waals surface area contributed by atoms with Crippen LogP contribution in [0, 0.1) is 0 Å². The average molecular weight is 345 g/mol. The fourth-order valence-electron chi connectivity index (χ4n) is 2.74. The summed E-state index contributed by atoms with van der Waals surface area (Å²) in [6.45, 7) is 0.648. The monoisotopic (exact) mass is 345 g/mol. The smallest absolute Gasteiger partial charge is 0.407 e. The summed E-state index contributed by atoms with van der Waals surface area (Å²) in [5, 5.41) is 2.68. The first-order chi connectivity index (χ1) is 12.0. The molecule has 2 aliphatic rings. The highest BCUT2D eigenvalue weighted by atomic mass is 16.5. The van der Waals surface area contributed by atoms with Crippen LogP contribution in [0.2, 0.25) is 0 Å². The molecule has 0 radical (unpaired) electrons. The maximum absolute atomic E-state index is 12.1. The Bertz CT molecular complexity index is 669. The van der Waals surface area contributed by atoms with Crippen LogP contribution in [0.3, 0.4) is 0 Å². The Hall–Kier alpha value is -2.90. The number of amides is 4. The highest BCUT2D eigenvalue weighted by Gasteiger charge is 2.36. The van der Waals surface area contributed by atoms with E-state index in [9.17, 15) is 19.2 Å². The summed E-state index contributed by atoms with van der Waals surface area (Å²) >= 11 is 0. The summed E-state index contributed by atoms with van der Waals surface area (Å²) in [4.78, 5) is 49.3. The van der Waals surface area contributed by atoms with E-state index in [0.29, 0.717) is 13.1 Å². The van der Waals surface area contributed by atoms with E-state index in [0.717, 1.165) is 10.5 Å². The van der Waals surface area contributed by atoms with Gasteiger partial charge in [-0.05, 0) is 5.56 Å². The Kier molecular flexibility index (Phi) is 4.97. The van der Waals surface area contributed by atoms with Crippen LogP contribution >= 0.6 is 0 Å². The molecule has 8 heteroatoms. The molecule has 2 fully saturated rings. The van der Waals surface area contributed by atoms with E-state index < -0.39 is 6.09 Å². The average Bonchev–Trinajstić information content (AvgIpc) is 2.88. The molecule has 0 bridgehead atoms. The minimum absolute atomic E-state index is 0.170. The molecule has 0 unspecified atom stereocenters. The lowest BCUT2D eigenvalue weighted by molar-refractivity contribution is -0.147. The zero-order valence-corrected chi connectivity index (χ0v) is 13.6. The topological polar surface area (TPSA) is 96.0 Å². The Morgan fingerprint density at radius 1 is 1.08 bits per heavy atom. The van der Waals surface area contributed by atoms with Crippen LogP contribution in [0.1, 0.15) is 18.4 Å². The number of carbonyl (C=O) groups excluding carboxylic acids is 4. The Labute approximate surface area is 144 Å². The summed E-state index contributed by atoms with van der Waals surface area (Å²) < 4.78 is 5.11. The second-order valence-corrected chi connectivity index (χ2v) is 6.08. The molecule has 1 aromatic carbocycles. The van der Waals surface area contributed by atoms with Crippen LogP contribution in [-0.2, 0) is 25.7 Å². The lowest BCUT2D eigenvalue weighted by atomic mass is 10.1. The van der Waals surface area contributed by atoms with E-state index in [1.807, 2.05) is 30.3 Å². The lowest BCUT2D eigenvalue weighted by Gasteiger charge is -2.39. The van der Waals surface area contributed by atoms with Gasteiger partial charge >= 0.3 is 6.09 Å². The fraction of sp³-hybridized carbons (Fsp3) is 0.412. The van der Waals surface area contributed by atoms with Crippen LogP contribution < -0.4 is 5.32 Å². The number of nitrogens with one attached hydrogen (secondary N) is 1. The van der Waals surface area contributed by atoms with Crippen molar-refractivity contribution < 1.29 is 23.9 Å². The molecular formula is C17H19N3O5. The van der Waals surface area contributed by atoms with Gasteiger partial charge in [-0.25, -0.2) is 4.79 Å². The number of alkyl carbamates (subject to hydrolysis) is 1. The van der Waals surface area contributed by atoms with Crippen molar-refractivity contribution in [2.45, 2.75) is 25.5 Å². The summed E-state index contributed by atoms with van der Waals surface area (Å²) in [7, 11) is 0. The fourth-order valence-corrected chi connectivity index (χ4v) is 2.74. The van der Waals surface area contributed by atoms with E-state index >= 15 is 0 Å². The lowest BCUT2D eigenvalue weighted by Crippen LogP contribution is -2.62. The quantitative estimate of drug-likeness (QED) is 0.773. The number of carbonyl (C=O) groups is 4. The van der Waals surface area contributed by atoms with Gasteiger partial charge in [0.05, 0.1) is 6.04 Å². The SMILES string of the molecule is O=C(NC1CN(C(=O)CN2C(=O)CCC2=O)C1)OCc1ccccc1. The molecule has 132 valence electrons. The molecule has 0 atom stereocenters. The number of nitrogens with zero attached hydrogens (tertiary/aromatic N) is 2. The van der Waals surface area contributed by atoms with Gasteiger partial charge in [0.2, 0.25) is 17.7 Å². The summed E-state index contributed by atoms with van der Waals surface area (Å²) in [5.41, 5.74) is 0.892. The van der Waals surface area contributed by atoms with Gasteiger partial charge in [-0.2, -0.15) is 0 Å². The van der Waals surface area contributed by atoms with Gasteiger partial charge in [-0.3, -0.25) is 19.3 Å². The molecule has 8 nitrogen and oxygen atoms in total. The number of benzene rings is 1. The summed E-state index contributed by atoms with van der Waals surface area (Å²) in [5.74, 6) is -0.907. The number of hydrogen-bond acceptors (Lipinski definition) is 5. The predicted octanol–water partition coefficient (Wildman–Crippen LogP) is 0.273. The van der Waals surface area contributed by atoms with Crippen molar-refractivity contribution in [2.24, 2.45) is 0 Å². The number of imide groups is 1. The highest BCUT2D eigenvalue weighted by molar-refractivity contribution is 6.04. The number of ether oxygens (including phenoxy) is 1. The van der Waals surface area contributed by atoms with E-state index in [1.54, 1.807) is 0 Å². The van der Waals surface area contributed by atoms with Crippen molar-refractivity contribution in [1.82, 2.24) is 15.1 Å². The van der Waals surface area contributed by atoms with E-state index in [1.165, 1.54) is 4.90 Å². The zero-order valence-electron chi connectivity index (χ0n) is 13.6. The van der Waals surface area contributed by atoms with Gasteiger partial charge in [0.15, 0.2) is 0 Å². The molecule has 3 rings (SSSR count). The van der Waals surface area contributed by atoms with Crippen LogP contribution in [0.4, 0.5) is 4.79 Å². The van der Waals surface area contributed by atoms with Gasteiger partial charge in [0.25, 0.3) is 0 Å². The van der Waals surface area contributed by atoms with Gasteiger partial charge in [0.1, 0.15) is 13.2 Å². The normalized spacial score (nSPS) is 17.4. The molecule has 1 N–H and O–H groups in total. The first-order valence-electron chi connectivity index (χ1n) is 8.11. The molecule has 0 aromatic heterocycles. The van der Waals surface area contributed by atoms with Crippen LogP contribution in [-0.4, -0.2) is 59.3 Å². The predicted molar refractivity (Wildman–Crippen MR) is 86.1 cm³/mol. The Morgan fingerprint density at radius 3 is 2.36 bits per heavy atom. The second kappa shape index (κ2) is 7.33. The Balaban J connectivity index is 1.36. The maximum atomic E-state index is 12.1. The largest absolute Gasteiger partial charge is 0.445 e. The third-order valence-corrected chi connectivity index (χ3v) is 4.22. The molecule has 4 amide bonds. The second-order valence-electron chi connectivity index (χ2n) is 6.08. The maximum Gasteiger partial charge on any atom is 0.407 e. The zero-order chi connectivity index (χ0) is 17.8. The van der Waals surface area contributed by atoms with E-state index in [4.69, 9.17) is 4.74 Å². The molecule has 2 heterocycles. The van der Waals surface area contributed by atoms with Gasteiger partial charge < -0.3 is 15.0 Å². The van der Waals surface area contributed by atoms with Crippen LogP contribution in [0.15, 0.2) is 30.3 Å². The third kappa shape index (κ3) is 4.14. The van der Waals surface area contributed by atoms with Crippen molar-refractivity contribution in [3.63, 3.8) is 0 Å². The van der Waals surface area contributed by atoms with Crippen molar-refractivity contribution in [2.75, 3.05) is 19.6 Å². The van der Waals surface area contributed by atoms with E-state index in [2.05, 4.69) is 5.32 Å². The number of likely N-dealkylation sites (tertiary alicyclic amines) is 2. The van der Waals surface area contributed by atoms with E-state index in [-0.39, 0.29) is 49.8 Å². The van der Waals surface area contributed by atoms with Crippen molar-refractivity contribution in [3.05, 3.63) is 35.9 Å². The van der Waals surface area contributed by atoms with Crippen molar-refractivity contribution in [3.8, 4) is 0 Å². The van der Waals surface area contributed by atoms with Gasteiger partial charge in [-0.15, -0.1) is 0 Å². The van der Waals surface area contributed by atoms with Crippen LogP contribution in [0.5, 0.6) is 0 Å². The number of rotatable bonds is 5. The molecule has 1 aromatic rings. The molecule has 25 heavy (non-hydrogen) atoms. The molecule has 2 saturated heterocycles. The first-order valence-corrected chi connectivity index (χ1v) is 8.11. The molecule has 2 aliphatic heterocycles.